The molecule has 4 aromatic rings. The van der Waals surface area contributed by atoms with Gasteiger partial charge in [-0.15, -0.1) is 0 Å². The average Bonchev–Trinajstić information content (AvgIpc) is 3.03. The molecule has 0 radical (unpaired) electrons. The topological polar surface area (TPSA) is 0 Å². The predicted octanol–water partition coefficient (Wildman–Crippen LogP) is 5.06. The van der Waals surface area contributed by atoms with Crippen LogP contribution in [0.4, 0.5) is 0 Å². The summed E-state index contributed by atoms with van der Waals surface area (Å²) in [5, 5.41) is -1.95. The third-order valence-corrected chi connectivity index (χ3v) is 8.69. The smallest absolute Gasteiger partial charge is 0.0624 e. The van der Waals surface area contributed by atoms with Gasteiger partial charge >= 0.3 is 0 Å². The lowest BCUT2D eigenvalue weighted by atomic mass is 10.0. The van der Waals surface area contributed by atoms with Crippen LogP contribution in [0.3, 0.4) is 0 Å². The summed E-state index contributed by atoms with van der Waals surface area (Å²) >= 11 is 0. The average molecular weight is 412 g/mol. The second-order valence-electron chi connectivity index (χ2n) is 6.63. The van der Waals surface area contributed by atoms with E-state index >= 15 is 0 Å². The van der Waals surface area contributed by atoms with E-state index in [-0.39, 0.29) is 5.56 Å². The molecule has 4 rings (SSSR count). The Morgan fingerprint density at radius 2 is 1.10 bits per heavy atom. The summed E-state index contributed by atoms with van der Waals surface area (Å²) < 4.78 is 165. The van der Waals surface area contributed by atoms with Crippen LogP contribution in [0, 0.1) is 0 Å². The summed E-state index contributed by atoms with van der Waals surface area (Å²) in [6, 6.07) is -16.9. The van der Waals surface area contributed by atoms with Crippen molar-refractivity contribution in [2.24, 2.45) is 0 Å². The highest BCUT2D eigenvalue weighted by Crippen LogP contribution is 2.18. The Labute approximate surface area is 202 Å². The Morgan fingerprint density at radius 3 is 1.62 bits per heavy atom. The fourth-order valence-corrected chi connectivity index (χ4v) is 6.77. The third kappa shape index (κ3) is 3.97. The van der Waals surface area contributed by atoms with E-state index in [1.807, 2.05) is 0 Å². The zero-order chi connectivity index (χ0) is 36.6. The first-order valence-corrected chi connectivity index (χ1v) is 11.1. The standard InChI is InChI=1S/C28H28Si/c1-23(2)25-15-12-20-28(21-25)29(26-16-8-4-9-17-26,27-18-10-5-11-19-27)22-24-13-6-3-7-14-24/h3-21,23H,22H2,1-2H3/i3D,4D,5D,6D,7D,8D,9D,10D,11D,12D,13D,14D,15D,16D,17D,18D,19D,20D,21D. The maximum atomic E-state index is 9.39. The van der Waals surface area contributed by atoms with Crippen LogP contribution in [0.2, 0.25) is 0 Å². The normalized spacial score (nSPS) is 20.7. The summed E-state index contributed by atoms with van der Waals surface area (Å²) in [6.45, 7) is 3.15. The largest absolute Gasteiger partial charge is 0.152 e. The lowest BCUT2D eigenvalue weighted by Crippen LogP contribution is -2.69. The summed E-state index contributed by atoms with van der Waals surface area (Å²) in [5.74, 6) is -0.680. The van der Waals surface area contributed by atoms with E-state index in [1.54, 1.807) is 13.8 Å². The van der Waals surface area contributed by atoms with Gasteiger partial charge in [0.1, 0.15) is 0 Å². The van der Waals surface area contributed by atoms with Gasteiger partial charge < -0.3 is 0 Å². The third-order valence-electron chi connectivity index (χ3n) is 4.50. The SMILES string of the molecule is [2H]c1c([2H])c([2H])c(C[Si](c2c([2H])c([2H])c([2H])c([2H])c2[2H])(c2c([2H])c([2H])c([2H])c([2H])c2[2H])c2c([2H])c([2H])c([2H])c(C(C)C)c2[2H])c([2H])c1[2H]. The van der Waals surface area contributed by atoms with Crippen molar-refractivity contribution in [1.82, 2.24) is 0 Å². The van der Waals surface area contributed by atoms with Gasteiger partial charge in [0.15, 0.2) is 8.07 Å². The van der Waals surface area contributed by atoms with E-state index < -0.39 is 156 Å². The molecule has 0 heterocycles. The minimum absolute atomic E-state index is 0.122. The maximum Gasteiger partial charge on any atom is 0.152 e. The zero-order valence-corrected chi connectivity index (χ0v) is 16.8. The summed E-state index contributed by atoms with van der Waals surface area (Å²) in [5.41, 5.74) is -0.652. The molecule has 1 heteroatoms. The van der Waals surface area contributed by atoms with Gasteiger partial charge in [-0.25, -0.2) is 0 Å². The van der Waals surface area contributed by atoms with E-state index in [0.29, 0.717) is 0 Å². The molecule has 0 aliphatic heterocycles. The lowest BCUT2D eigenvalue weighted by molar-refractivity contribution is 0.868. The molecule has 0 fully saturated rings. The molecule has 0 aliphatic carbocycles. The van der Waals surface area contributed by atoms with E-state index in [2.05, 4.69) is 0 Å². The molecule has 0 saturated heterocycles. The Hall–Kier alpha value is -2.90. The maximum absolute atomic E-state index is 9.39. The molecule has 0 unspecified atom stereocenters. The van der Waals surface area contributed by atoms with Gasteiger partial charge in [-0.3, -0.25) is 0 Å². The number of benzene rings is 4. The van der Waals surface area contributed by atoms with Gasteiger partial charge in [-0.2, -0.15) is 0 Å². The first kappa shape index (κ1) is 7.11. The van der Waals surface area contributed by atoms with Gasteiger partial charge in [0, 0.05) is 0 Å². The highest BCUT2D eigenvalue weighted by atomic mass is 28.3. The molecular weight excluding hydrogens is 364 g/mol. The number of hydrogen-bond acceptors (Lipinski definition) is 0. The molecule has 0 amide bonds. The van der Waals surface area contributed by atoms with Crippen molar-refractivity contribution in [3.8, 4) is 0 Å². The predicted molar refractivity (Wildman–Crippen MR) is 128 cm³/mol. The first-order chi connectivity index (χ1) is 22.1. The highest BCUT2D eigenvalue weighted by molar-refractivity contribution is 7.11. The van der Waals surface area contributed by atoms with E-state index in [4.69, 9.17) is 24.7 Å². The molecule has 0 saturated carbocycles. The molecule has 0 aliphatic rings. The Bertz CT molecular complexity index is 1880. The summed E-state index contributed by atoms with van der Waals surface area (Å²) in [7, 11) is -5.30. The van der Waals surface area contributed by atoms with E-state index in [0.717, 1.165) is 0 Å². The van der Waals surface area contributed by atoms with Crippen molar-refractivity contribution in [2.45, 2.75) is 25.8 Å². The monoisotopic (exact) mass is 411 g/mol. The first-order valence-electron chi connectivity index (χ1n) is 18.4. The fraction of sp³-hybridized carbons (Fsp3) is 0.143. The van der Waals surface area contributed by atoms with Crippen molar-refractivity contribution in [3.63, 3.8) is 0 Å². The van der Waals surface area contributed by atoms with Crippen LogP contribution in [0.1, 0.15) is 56.9 Å². The van der Waals surface area contributed by atoms with E-state index in [9.17, 15) is 1.37 Å². The van der Waals surface area contributed by atoms with Gasteiger partial charge in [-0.05, 0) is 38.6 Å². The molecular formula is C28H28Si. The van der Waals surface area contributed by atoms with Crippen LogP contribution in [0.5, 0.6) is 0 Å². The highest BCUT2D eigenvalue weighted by Gasteiger charge is 2.39. The zero-order valence-electron chi connectivity index (χ0n) is 34.8. The van der Waals surface area contributed by atoms with Crippen LogP contribution < -0.4 is 15.6 Å². The number of rotatable bonds is 6. The molecule has 144 valence electrons. The second-order valence-corrected chi connectivity index (χ2v) is 10.3. The van der Waals surface area contributed by atoms with Gasteiger partial charge in [0.2, 0.25) is 0 Å². The van der Waals surface area contributed by atoms with Crippen LogP contribution >= 0.6 is 0 Å². The molecule has 0 bridgehead atoms. The van der Waals surface area contributed by atoms with Crippen molar-refractivity contribution < 1.29 is 26.0 Å². The Kier molecular flexibility index (Phi) is 2.11. The molecule has 0 spiro atoms. The second kappa shape index (κ2) is 8.63. The van der Waals surface area contributed by atoms with Gasteiger partial charge in [-0.1, -0.05) is 129 Å². The van der Waals surface area contributed by atoms with Crippen molar-refractivity contribution >= 4 is 23.6 Å². The molecule has 0 nitrogen and oxygen atoms in total. The molecule has 0 N–H and O–H groups in total. The van der Waals surface area contributed by atoms with Crippen LogP contribution in [-0.2, 0) is 6.04 Å². The molecule has 0 atom stereocenters. The van der Waals surface area contributed by atoms with Crippen LogP contribution in [0.15, 0.2) is 115 Å². The summed E-state index contributed by atoms with van der Waals surface area (Å²) in [4.78, 5) is 0. The fourth-order valence-electron chi connectivity index (χ4n) is 3.06. The quantitative estimate of drug-likeness (QED) is 0.307. The molecule has 4 aromatic carbocycles. The van der Waals surface area contributed by atoms with E-state index in [1.165, 1.54) is 0 Å². The minimum Gasteiger partial charge on any atom is -0.0624 e. The number of hydrogen-bond donors (Lipinski definition) is 0. The van der Waals surface area contributed by atoms with Crippen molar-refractivity contribution in [1.29, 1.82) is 0 Å². The van der Waals surface area contributed by atoms with Crippen LogP contribution in [-0.4, -0.2) is 8.07 Å². The van der Waals surface area contributed by atoms with Crippen LogP contribution in [0.25, 0.3) is 0 Å². The van der Waals surface area contributed by atoms with Crippen molar-refractivity contribution in [3.05, 3.63) is 126 Å². The minimum atomic E-state index is -5.30. The Balaban J connectivity index is 2.57. The van der Waals surface area contributed by atoms with Gasteiger partial charge in [0.25, 0.3) is 0 Å². The molecule has 29 heavy (non-hydrogen) atoms. The summed E-state index contributed by atoms with van der Waals surface area (Å²) in [6.07, 6.45) is 0. The lowest BCUT2D eigenvalue weighted by Gasteiger charge is -2.34. The Morgan fingerprint density at radius 1 is 0.621 bits per heavy atom. The van der Waals surface area contributed by atoms with Crippen molar-refractivity contribution in [2.75, 3.05) is 0 Å². The molecule has 0 aromatic heterocycles. The van der Waals surface area contributed by atoms with Gasteiger partial charge in [0.05, 0.1) is 26.0 Å².